The number of carbonyl (C=O) groups excluding carboxylic acids is 1. The third-order valence-electron chi connectivity index (χ3n) is 6.69. The first-order valence-corrected chi connectivity index (χ1v) is 14.9. The number of anilines is 1. The summed E-state index contributed by atoms with van der Waals surface area (Å²) in [5.41, 5.74) is -2.00. The van der Waals surface area contributed by atoms with E-state index in [0.29, 0.717) is 31.0 Å². The molecule has 4 heterocycles. The van der Waals surface area contributed by atoms with Crippen molar-refractivity contribution in [2.24, 2.45) is 0 Å². The fraction of sp³-hybridized carbons (Fsp3) is 0.276. The number of thioether (sulfide) groups is 1. The summed E-state index contributed by atoms with van der Waals surface area (Å²) in [6, 6.07) is 6.42. The largest absolute Gasteiger partial charge is 0.478 e. The SMILES string of the molecule is Cc1cc(CN(C(=O)c2ccc(Cl)cn2)c2cc(F)c(Oc3ncc(CN4CCSCC4)cc3C(F)(F)F)cc2C(=O)O)no1. The minimum Gasteiger partial charge on any atom is -0.478 e. The number of aromatic carboxylic acids is 1. The number of ether oxygens (including phenoxy) is 1. The van der Waals surface area contributed by atoms with Crippen LogP contribution in [0.2, 0.25) is 5.02 Å². The lowest BCUT2D eigenvalue weighted by Gasteiger charge is -2.26. The average Bonchev–Trinajstić information content (AvgIpc) is 3.42. The third kappa shape index (κ3) is 7.72. The Morgan fingerprint density at radius 3 is 2.51 bits per heavy atom. The van der Waals surface area contributed by atoms with Gasteiger partial charge < -0.3 is 14.4 Å². The number of carboxylic acid groups (broad SMARTS) is 1. The Labute approximate surface area is 262 Å². The number of aromatic nitrogens is 3. The molecule has 0 atom stereocenters. The summed E-state index contributed by atoms with van der Waals surface area (Å²) < 4.78 is 68.1. The number of halogens is 5. The van der Waals surface area contributed by atoms with Gasteiger partial charge in [-0.3, -0.25) is 14.6 Å². The van der Waals surface area contributed by atoms with E-state index in [1.54, 1.807) is 18.7 Å². The van der Waals surface area contributed by atoms with Gasteiger partial charge >= 0.3 is 12.1 Å². The zero-order valence-electron chi connectivity index (χ0n) is 23.5. The summed E-state index contributed by atoms with van der Waals surface area (Å²) in [6.07, 6.45) is -2.51. The number of nitrogens with zero attached hydrogens (tertiary/aromatic N) is 5. The third-order valence-corrected chi connectivity index (χ3v) is 7.86. The van der Waals surface area contributed by atoms with E-state index in [1.165, 1.54) is 30.6 Å². The number of carboxylic acids is 1. The van der Waals surface area contributed by atoms with Crippen LogP contribution in [0.4, 0.5) is 23.2 Å². The zero-order chi connectivity index (χ0) is 32.3. The van der Waals surface area contributed by atoms with Crippen LogP contribution in [0.1, 0.15) is 43.4 Å². The predicted octanol–water partition coefficient (Wildman–Crippen LogP) is 6.47. The minimum atomic E-state index is -4.91. The van der Waals surface area contributed by atoms with Crippen LogP contribution in [0.3, 0.4) is 0 Å². The monoisotopic (exact) mass is 665 g/mol. The van der Waals surface area contributed by atoms with Crippen molar-refractivity contribution in [3.63, 3.8) is 0 Å². The molecule has 1 amide bonds. The molecule has 0 radical (unpaired) electrons. The van der Waals surface area contributed by atoms with Crippen LogP contribution in [-0.4, -0.2) is 61.6 Å². The first kappa shape index (κ1) is 32.2. The zero-order valence-corrected chi connectivity index (χ0v) is 25.0. The lowest BCUT2D eigenvalue weighted by molar-refractivity contribution is -0.139. The summed E-state index contributed by atoms with van der Waals surface area (Å²) in [5, 5.41) is 14.1. The molecule has 0 bridgehead atoms. The van der Waals surface area contributed by atoms with Crippen LogP contribution in [-0.2, 0) is 19.3 Å². The molecule has 16 heteroatoms. The van der Waals surface area contributed by atoms with Crippen LogP contribution >= 0.6 is 23.4 Å². The Bertz CT molecular complexity index is 1710. The maximum atomic E-state index is 15.6. The van der Waals surface area contributed by atoms with E-state index in [2.05, 4.69) is 15.1 Å². The number of benzene rings is 1. The molecule has 0 aliphatic carbocycles. The van der Waals surface area contributed by atoms with Crippen LogP contribution in [0.5, 0.6) is 11.6 Å². The quantitative estimate of drug-likeness (QED) is 0.199. The van der Waals surface area contributed by atoms with E-state index in [9.17, 15) is 27.9 Å². The summed E-state index contributed by atoms with van der Waals surface area (Å²) in [4.78, 5) is 36.6. The number of rotatable bonds is 9. The highest BCUT2D eigenvalue weighted by Crippen LogP contribution is 2.39. The first-order chi connectivity index (χ1) is 21.4. The van der Waals surface area contributed by atoms with Gasteiger partial charge in [0.05, 0.1) is 22.8 Å². The molecule has 0 saturated carbocycles. The van der Waals surface area contributed by atoms with Crippen LogP contribution in [0.15, 0.2) is 53.3 Å². The van der Waals surface area contributed by atoms with Crippen molar-refractivity contribution in [3.8, 4) is 11.6 Å². The molecule has 45 heavy (non-hydrogen) atoms. The molecule has 10 nitrogen and oxygen atoms in total. The predicted molar refractivity (Wildman–Crippen MR) is 156 cm³/mol. The number of carbonyl (C=O) groups is 2. The van der Waals surface area contributed by atoms with Crippen molar-refractivity contribution < 1.29 is 41.5 Å². The molecule has 0 spiro atoms. The van der Waals surface area contributed by atoms with Gasteiger partial charge in [-0.05, 0) is 30.7 Å². The lowest BCUT2D eigenvalue weighted by atomic mass is 10.1. The van der Waals surface area contributed by atoms with E-state index in [0.717, 1.165) is 22.5 Å². The van der Waals surface area contributed by atoms with Crippen molar-refractivity contribution in [3.05, 3.63) is 93.5 Å². The number of amides is 1. The minimum absolute atomic E-state index is 0.154. The van der Waals surface area contributed by atoms with E-state index in [1.807, 2.05) is 4.90 Å². The molecule has 1 N–H and O–H groups in total. The second-order valence-corrected chi connectivity index (χ2v) is 11.6. The molecule has 5 rings (SSSR count). The average molecular weight is 666 g/mol. The Morgan fingerprint density at radius 2 is 1.89 bits per heavy atom. The highest BCUT2D eigenvalue weighted by molar-refractivity contribution is 7.99. The molecule has 1 aliphatic heterocycles. The standard InChI is InChI=1S/C29H24ClF4N5O5S/c1-16-8-19(37-44-16)15-39(27(40)23-3-2-18(30)13-35-23)24-11-22(31)25(10-20(24)28(41)42)43-26-21(29(32,33)34)9-17(12-36-26)14-38-4-6-45-7-5-38/h2-3,8-13H,4-7,14-15H2,1H3,(H,41,42). The Balaban J connectivity index is 1.52. The second-order valence-electron chi connectivity index (χ2n) is 9.97. The van der Waals surface area contributed by atoms with Crippen molar-refractivity contribution in [1.29, 1.82) is 0 Å². The summed E-state index contributed by atoms with van der Waals surface area (Å²) in [6.45, 7) is 2.89. The van der Waals surface area contributed by atoms with Gasteiger partial charge in [-0.25, -0.2) is 19.2 Å². The maximum Gasteiger partial charge on any atom is 0.421 e. The molecule has 3 aromatic heterocycles. The molecule has 0 unspecified atom stereocenters. The molecule has 236 valence electrons. The van der Waals surface area contributed by atoms with Crippen molar-refractivity contribution in [2.75, 3.05) is 29.5 Å². The normalized spacial score (nSPS) is 13.9. The van der Waals surface area contributed by atoms with E-state index in [-0.39, 0.29) is 35.1 Å². The van der Waals surface area contributed by atoms with E-state index in [4.69, 9.17) is 20.9 Å². The molecular formula is C29H24ClF4N5O5S. The number of alkyl halides is 3. The number of hydrogen-bond donors (Lipinski definition) is 1. The molecule has 1 fully saturated rings. The molecule has 4 aromatic rings. The van der Waals surface area contributed by atoms with E-state index < -0.39 is 52.3 Å². The number of pyridine rings is 2. The van der Waals surface area contributed by atoms with Gasteiger partial charge in [-0.2, -0.15) is 24.9 Å². The summed E-state index contributed by atoms with van der Waals surface area (Å²) in [5.74, 6) is -3.40. The van der Waals surface area contributed by atoms with Crippen molar-refractivity contribution >= 4 is 40.9 Å². The van der Waals surface area contributed by atoms with Gasteiger partial charge in [0.2, 0.25) is 5.88 Å². The smallest absolute Gasteiger partial charge is 0.421 e. The molecule has 1 aliphatic rings. The van der Waals surface area contributed by atoms with Gasteiger partial charge in [-0.15, -0.1) is 0 Å². The van der Waals surface area contributed by atoms with Gasteiger partial charge in [0.15, 0.2) is 11.6 Å². The maximum absolute atomic E-state index is 15.6. The van der Waals surface area contributed by atoms with Gasteiger partial charge in [0.25, 0.3) is 5.91 Å². The van der Waals surface area contributed by atoms with Crippen molar-refractivity contribution in [1.82, 2.24) is 20.0 Å². The molecular weight excluding hydrogens is 642 g/mol. The van der Waals surface area contributed by atoms with Crippen LogP contribution in [0, 0.1) is 12.7 Å². The Hall–Kier alpha value is -4.21. The van der Waals surface area contributed by atoms with Gasteiger partial charge in [0.1, 0.15) is 22.7 Å². The Kier molecular flexibility index (Phi) is 9.60. The van der Waals surface area contributed by atoms with Crippen molar-refractivity contribution in [2.45, 2.75) is 26.2 Å². The molecule has 1 saturated heterocycles. The fourth-order valence-corrected chi connectivity index (χ4v) is 5.66. The fourth-order valence-electron chi connectivity index (χ4n) is 4.57. The number of aryl methyl sites for hydroxylation is 1. The summed E-state index contributed by atoms with van der Waals surface area (Å²) in [7, 11) is 0. The summed E-state index contributed by atoms with van der Waals surface area (Å²) >= 11 is 7.64. The van der Waals surface area contributed by atoms with Gasteiger partial charge in [-0.1, -0.05) is 16.8 Å². The van der Waals surface area contributed by atoms with Crippen LogP contribution in [0.25, 0.3) is 0 Å². The van der Waals surface area contributed by atoms with E-state index >= 15 is 4.39 Å². The topological polar surface area (TPSA) is 122 Å². The number of hydrogen-bond acceptors (Lipinski definition) is 9. The van der Waals surface area contributed by atoms with Gasteiger partial charge in [0, 0.05) is 61.7 Å². The molecule has 1 aromatic carbocycles. The van der Waals surface area contributed by atoms with Crippen LogP contribution < -0.4 is 9.64 Å². The highest BCUT2D eigenvalue weighted by Gasteiger charge is 2.37. The first-order valence-electron chi connectivity index (χ1n) is 13.4. The Morgan fingerprint density at radius 1 is 1.13 bits per heavy atom. The lowest BCUT2D eigenvalue weighted by Crippen LogP contribution is -2.32. The second kappa shape index (κ2) is 13.4. The highest BCUT2D eigenvalue weighted by atomic mass is 35.5.